The topological polar surface area (TPSA) is 119 Å². The van der Waals surface area contributed by atoms with Crippen LogP contribution in [0.1, 0.15) is 48.8 Å². The van der Waals surface area contributed by atoms with Crippen molar-refractivity contribution in [2.75, 3.05) is 37.3 Å². The molecular formula is C27H31FN8O2S. The summed E-state index contributed by atoms with van der Waals surface area (Å²) in [6, 6.07) is 5.85. The summed E-state index contributed by atoms with van der Waals surface area (Å²) in [6.45, 7) is 5.78. The van der Waals surface area contributed by atoms with Crippen LogP contribution in [0.3, 0.4) is 0 Å². The third-order valence-electron chi connectivity index (χ3n) is 7.69. The van der Waals surface area contributed by atoms with Crippen LogP contribution in [-0.4, -0.2) is 70.6 Å². The number of sulfone groups is 1. The van der Waals surface area contributed by atoms with Crippen LogP contribution in [0.5, 0.6) is 0 Å². The highest BCUT2D eigenvalue weighted by atomic mass is 32.2. The number of piperidine rings is 1. The molecule has 2 fully saturated rings. The molecule has 2 aliphatic heterocycles. The zero-order valence-corrected chi connectivity index (χ0v) is 22.8. The number of nitrogens with one attached hydrogen (secondary N) is 1. The van der Waals surface area contributed by atoms with Gasteiger partial charge in [-0.25, -0.2) is 37.4 Å². The van der Waals surface area contributed by atoms with Crippen molar-refractivity contribution in [3.8, 4) is 5.69 Å². The molecule has 1 N–H and O–H groups in total. The van der Waals surface area contributed by atoms with Crippen molar-refractivity contribution in [1.29, 1.82) is 0 Å². The van der Waals surface area contributed by atoms with Gasteiger partial charge < -0.3 is 10.2 Å². The lowest BCUT2D eigenvalue weighted by molar-refractivity contribution is 0.332. The maximum Gasteiger partial charge on any atom is 0.175 e. The van der Waals surface area contributed by atoms with E-state index in [2.05, 4.69) is 20.3 Å². The third kappa shape index (κ3) is 4.98. The van der Waals surface area contributed by atoms with E-state index in [1.54, 1.807) is 6.20 Å². The summed E-state index contributed by atoms with van der Waals surface area (Å²) in [7, 11) is -3.55. The van der Waals surface area contributed by atoms with E-state index in [9.17, 15) is 8.42 Å². The van der Waals surface area contributed by atoms with Crippen LogP contribution < -0.4 is 10.2 Å². The minimum absolute atomic E-state index is 0.0908. The van der Waals surface area contributed by atoms with Crippen molar-refractivity contribution in [2.45, 2.75) is 43.4 Å². The summed E-state index contributed by atoms with van der Waals surface area (Å²) >= 11 is 0. The number of anilines is 1. The molecule has 0 bridgehead atoms. The molecule has 1 atom stereocenters. The molecule has 3 aromatic heterocycles. The van der Waals surface area contributed by atoms with Crippen molar-refractivity contribution in [1.82, 2.24) is 35.0 Å². The number of aromatic nitrogens is 6. The van der Waals surface area contributed by atoms with E-state index in [1.807, 2.05) is 13.0 Å². The zero-order valence-electron chi connectivity index (χ0n) is 22.0. The Hall–Kier alpha value is -3.51. The predicted molar refractivity (Wildman–Crippen MR) is 145 cm³/mol. The Kier molecular flexibility index (Phi) is 6.76. The standard InChI is InChI=1S/C27H31FN8O2S/c1-17-13-23(35-11-3-4-12-35)34-26(33-17)24(18-7-9-29-10-8-18)25-20-15-32-36(27(20)31-16-30-25)22-6-5-19(14-21(22)28)39(2,37)38/h5-6,13-16,18,24,29H,3-4,7-12H2,1-2H3. The minimum Gasteiger partial charge on any atom is -0.357 e. The SMILES string of the molecule is Cc1cc(N2CCCC2)nc(C(c2ncnc3c2cnn3-c2ccc(S(C)(=O)=O)cc2F)C2CCNCC2)n1. The van der Waals surface area contributed by atoms with E-state index >= 15 is 4.39 Å². The first kappa shape index (κ1) is 25.8. The fourth-order valence-electron chi connectivity index (χ4n) is 5.73. The van der Waals surface area contributed by atoms with Crippen molar-refractivity contribution in [2.24, 2.45) is 5.92 Å². The fraction of sp³-hybridized carbons (Fsp3) is 0.444. The Balaban J connectivity index is 1.48. The predicted octanol–water partition coefficient (Wildman–Crippen LogP) is 3.19. The highest BCUT2D eigenvalue weighted by Gasteiger charge is 2.33. The largest absolute Gasteiger partial charge is 0.357 e. The second kappa shape index (κ2) is 10.2. The third-order valence-corrected chi connectivity index (χ3v) is 8.80. The van der Waals surface area contributed by atoms with E-state index < -0.39 is 15.7 Å². The molecule has 2 aliphatic rings. The normalized spacial score (nSPS) is 17.7. The van der Waals surface area contributed by atoms with Gasteiger partial charge in [-0.3, -0.25) is 0 Å². The molecule has 12 heteroatoms. The van der Waals surface area contributed by atoms with Gasteiger partial charge in [-0.05, 0) is 69.8 Å². The number of aryl methyl sites for hydroxylation is 1. The molecule has 1 aromatic carbocycles. The summed E-state index contributed by atoms with van der Waals surface area (Å²) in [5.74, 6) is 1.05. The van der Waals surface area contributed by atoms with Gasteiger partial charge in [0.25, 0.3) is 0 Å². The van der Waals surface area contributed by atoms with Crippen molar-refractivity contribution in [3.05, 3.63) is 59.8 Å². The molecule has 39 heavy (non-hydrogen) atoms. The maximum absolute atomic E-state index is 15.1. The van der Waals surface area contributed by atoms with Crippen molar-refractivity contribution in [3.63, 3.8) is 0 Å². The first-order valence-corrected chi connectivity index (χ1v) is 15.2. The molecule has 0 spiro atoms. The molecule has 204 valence electrons. The lowest BCUT2D eigenvalue weighted by Gasteiger charge is -2.30. The van der Waals surface area contributed by atoms with E-state index in [-0.39, 0.29) is 22.4 Å². The Morgan fingerprint density at radius 3 is 2.56 bits per heavy atom. The van der Waals surface area contributed by atoms with Crippen LogP contribution in [0.15, 0.2) is 41.7 Å². The number of halogens is 1. The average molecular weight is 551 g/mol. The maximum atomic E-state index is 15.1. The van der Waals surface area contributed by atoms with Gasteiger partial charge in [0.1, 0.15) is 29.5 Å². The van der Waals surface area contributed by atoms with Crippen molar-refractivity contribution < 1.29 is 12.8 Å². The van der Waals surface area contributed by atoms with Crippen LogP contribution in [0.4, 0.5) is 10.2 Å². The smallest absolute Gasteiger partial charge is 0.175 e. The Bertz CT molecular complexity index is 1630. The monoisotopic (exact) mass is 550 g/mol. The number of hydrogen-bond donors (Lipinski definition) is 1. The first-order chi connectivity index (χ1) is 18.8. The molecule has 0 radical (unpaired) electrons. The summed E-state index contributed by atoms with van der Waals surface area (Å²) in [5.41, 5.74) is 2.24. The number of nitrogens with zero attached hydrogens (tertiary/aromatic N) is 7. The Morgan fingerprint density at radius 2 is 1.85 bits per heavy atom. The van der Waals surface area contributed by atoms with Crippen LogP contribution in [0.2, 0.25) is 0 Å². The highest BCUT2D eigenvalue weighted by Crippen LogP contribution is 2.38. The lowest BCUT2D eigenvalue weighted by atomic mass is 9.81. The first-order valence-electron chi connectivity index (χ1n) is 13.3. The summed E-state index contributed by atoms with van der Waals surface area (Å²) in [6.07, 6.45) is 8.38. The molecule has 1 unspecified atom stereocenters. The summed E-state index contributed by atoms with van der Waals surface area (Å²) in [4.78, 5) is 21.4. The molecule has 0 saturated carbocycles. The van der Waals surface area contributed by atoms with E-state index in [1.165, 1.54) is 23.1 Å². The molecular weight excluding hydrogens is 519 g/mol. The molecule has 6 rings (SSSR count). The molecule has 10 nitrogen and oxygen atoms in total. The van der Waals surface area contributed by atoms with Crippen molar-refractivity contribution >= 4 is 26.7 Å². The fourth-order valence-corrected chi connectivity index (χ4v) is 6.36. The quantitative estimate of drug-likeness (QED) is 0.386. The summed E-state index contributed by atoms with van der Waals surface area (Å²) in [5, 5.41) is 8.60. The van der Waals surface area contributed by atoms with Gasteiger partial charge in [0.2, 0.25) is 0 Å². The second-order valence-corrected chi connectivity index (χ2v) is 12.4. The van der Waals surface area contributed by atoms with Crippen LogP contribution >= 0.6 is 0 Å². The number of hydrogen-bond acceptors (Lipinski definition) is 9. The molecule has 0 aliphatic carbocycles. The second-order valence-electron chi connectivity index (χ2n) is 10.4. The summed E-state index contributed by atoms with van der Waals surface area (Å²) < 4.78 is 40.3. The van der Waals surface area contributed by atoms with Crippen LogP contribution in [0, 0.1) is 18.7 Å². The zero-order chi connectivity index (χ0) is 27.1. The lowest BCUT2D eigenvalue weighted by Crippen LogP contribution is -2.32. The highest BCUT2D eigenvalue weighted by molar-refractivity contribution is 7.90. The average Bonchev–Trinajstić information content (AvgIpc) is 3.60. The molecule has 2 saturated heterocycles. The van der Waals surface area contributed by atoms with Gasteiger partial charge in [0.05, 0.1) is 28.1 Å². The molecule has 0 amide bonds. The molecule has 4 aromatic rings. The van der Waals surface area contributed by atoms with E-state index in [0.717, 1.165) is 87.2 Å². The Morgan fingerprint density at radius 1 is 1.08 bits per heavy atom. The van der Waals surface area contributed by atoms with Gasteiger partial charge in [-0.1, -0.05) is 0 Å². The Labute approximate surface area is 226 Å². The van der Waals surface area contributed by atoms with Gasteiger partial charge >= 0.3 is 0 Å². The van der Waals surface area contributed by atoms with Gasteiger partial charge in [-0.15, -0.1) is 0 Å². The van der Waals surface area contributed by atoms with Gasteiger partial charge in [0, 0.05) is 31.1 Å². The van der Waals surface area contributed by atoms with Crippen LogP contribution in [0.25, 0.3) is 16.7 Å². The van der Waals surface area contributed by atoms with E-state index in [0.29, 0.717) is 11.0 Å². The number of rotatable bonds is 6. The van der Waals surface area contributed by atoms with E-state index in [4.69, 9.17) is 15.0 Å². The molecule has 5 heterocycles. The number of benzene rings is 1. The van der Waals surface area contributed by atoms with Gasteiger partial charge in [0.15, 0.2) is 15.5 Å². The minimum atomic E-state index is -3.55. The number of fused-ring (bicyclic) bond motifs is 1. The van der Waals surface area contributed by atoms with Gasteiger partial charge in [-0.2, -0.15) is 5.10 Å². The van der Waals surface area contributed by atoms with Crippen LogP contribution in [-0.2, 0) is 9.84 Å².